The van der Waals surface area contributed by atoms with E-state index in [1.807, 2.05) is 50.2 Å². The Balaban J connectivity index is 1.48. The maximum absolute atomic E-state index is 15.0. The van der Waals surface area contributed by atoms with Crippen molar-refractivity contribution in [1.29, 1.82) is 0 Å². The predicted molar refractivity (Wildman–Crippen MR) is 147 cm³/mol. The molecule has 2 heterocycles. The number of rotatable bonds is 7. The molecule has 1 aliphatic heterocycles. The van der Waals surface area contributed by atoms with Gasteiger partial charge in [0.2, 0.25) is 0 Å². The largest absolute Gasteiger partial charge is 0.482 e. The molecule has 0 atom stereocenters. The molecule has 9 heteroatoms. The molecule has 1 aromatic heterocycles. The molecular formula is C30H27FN2O5S. The molecule has 200 valence electrons. The number of carboxylic acids is 1. The molecule has 0 saturated heterocycles. The van der Waals surface area contributed by atoms with Crippen LogP contribution in [0.2, 0.25) is 0 Å². The number of anilines is 1. The van der Waals surface area contributed by atoms with Crippen LogP contribution in [0.4, 0.5) is 10.1 Å². The molecule has 0 unspecified atom stereocenters. The van der Waals surface area contributed by atoms with Crippen molar-refractivity contribution in [2.24, 2.45) is 0 Å². The van der Waals surface area contributed by atoms with Crippen LogP contribution >= 0.6 is 0 Å². The van der Waals surface area contributed by atoms with Crippen LogP contribution in [0.3, 0.4) is 0 Å². The lowest BCUT2D eigenvalue weighted by atomic mass is 9.91. The summed E-state index contributed by atoms with van der Waals surface area (Å²) in [6.45, 7) is 5.16. The van der Waals surface area contributed by atoms with Crippen molar-refractivity contribution in [1.82, 2.24) is 4.98 Å². The maximum atomic E-state index is 15.0. The first-order chi connectivity index (χ1) is 18.5. The first-order valence-corrected chi connectivity index (χ1v) is 13.8. The third-order valence-electron chi connectivity index (χ3n) is 6.76. The van der Waals surface area contributed by atoms with E-state index in [2.05, 4.69) is 0 Å². The van der Waals surface area contributed by atoms with Gasteiger partial charge in [-0.05, 0) is 54.4 Å². The van der Waals surface area contributed by atoms with Crippen molar-refractivity contribution in [2.75, 3.05) is 17.5 Å². The zero-order chi connectivity index (χ0) is 27.9. The summed E-state index contributed by atoms with van der Waals surface area (Å²) in [5, 5.41) is 8.85. The van der Waals surface area contributed by atoms with Crippen molar-refractivity contribution in [3.8, 4) is 28.1 Å². The number of carbonyl (C=O) groups is 1. The molecule has 4 aromatic rings. The number of aromatic nitrogens is 1. The molecule has 0 aliphatic carbocycles. The van der Waals surface area contributed by atoms with Crippen LogP contribution in [0.25, 0.3) is 22.4 Å². The number of sulfonamides is 1. The Morgan fingerprint density at radius 1 is 1.03 bits per heavy atom. The molecular weight excluding hydrogens is 519 g/mol. The number of aliphatic carboxylic acids is 1. The summed E-state index contributed by atoms with van der Waals surface area (Å²) in [5.41, 5.74) is 3.40. The van der Waals surface area contributed by atoms with Crippen LogP contribution in [0.5, 0.6) is 5.75 Å². The van der Waals surface area contributed by atoms with E-state index in [0.29, 0.717) is 39.5 Å². The number of nitrogens with zero attached hydrogens (tertiary/aromatic N) is 2. The van der Waals surface area contributed by atoms with Gasteiger partial charge in [0.1, 0.15) is 11.6 Å². The van der Waals surface area contributed by atoms with Crippen molar-refractivity contribution in [3.05, 3.63) is 95.9 Å². The second-order valence-electron chi connectivity index (χ2n) is 10.1. The number of fused-ring (bicyclic) bond motifs is 1. The first kappa shape index (κ1) is 26.4. The van der Waals surface area contributed by atoms with Gasteiger partial charge in [0.15, 0.2) is 6.61 Å². The molecule has 0 spiro atoms. The summed E-state index contributed by atoms with van der Waals surface area (Å²) in [4.78, 5) is 15.7. The van der Waals surface area contributed by atoms with Crippen LogP contribution in [-0.2, 0) is 20.2 Å². The molecule has 5 rings (SSSR count). The smallest absolute Gasteiger partial charge is 0.341 e. The quantitative estimate of drug-likeness (QED) is 0.314. The van der Waals surface area contributed by atoms with Gasteiger partial charge < -0.3 is 9.84 Å². The van der Waals surface area contributed by atoms with Crippen LogP contribution < -0.4 is 9.04 Å². The number of hydrogen-bond acceptors (Lipinski definition) is 5. The van der Waals surface area contributed by atoms with Gasteiger partial charge in [-0.25, -0.2) is 22.6 Å². The van der Waals surface area contributed by atoms with Gasteiger partial charge in [-0.15, -0.1) is 0 Å². The fraction of sp³-hybridized carbons (Fsp3) is 0.200. The average molecular weight is 547 g/mol. The number of halogens is 1. The van der Waals surface area contributed by atoms with Crippen LogP contribution in [0.15, 0.2) is 83.8 Å². The van der Waals surface area contributed by atoms with Crippen LogP contribution in [0.1, 0.15) is 25.1 Å². The zero-order valence-corrected chi connectivity index (χ0v) is 22.5. The fourth-order valence-corrected chi connectivity index (χ4v) is 6.50. The molecule has 0 radical (unpaired) electrons. The topological polar surface area (TPSA) is 96.8 Å². The molecule has 0 fully saturated rings. The standard InChI is InChI=1S/C30H27FN2O5S/c1-19-15-22(10-14-27(19)38-17-28(34)35)39(36,37)33-18-30(2,3)29-26(33)13-12-25(32-29)21-9-11-23(24(31)16-21)20-7-5-4-6-8-20/h4-16H,17-18H2,1-3H3,(H,34,35). The highest BCUT2D eigenvalue weighted by Gasteiger charge is 2.42. The molecule has 0 amide bonds. The monoisotopic (exact) mass is 546 g/mol. The minimum absolute atomic E-state index is 0.0639. The number of carboxylic acid groups (broad SMARTS) is 1. The van der Waals surface area contributed by atoms with E-state index in [1.54, 1.807) is 25.1 Å². The molecule has 39 heavy (non-hydrogen) atoms. The van der Waals surface area contributed by atoms with Crippen molar-refractivity contribution in [2.45, 2.75) is 31.1 Å². The van der Waals surface area contributed by atoms with E-state index in [0.717, 1.165) is 5.56 Å². The van der Waals surface area contributed by atoms with E-state index < -0.39 is 28.0 Å². The number of hydrogen-bond donors (Lipinski definition) is 1. The summed E-state index contributed by atoms with van der Waals surface area (Å²) in [6, 6.07) is 22.0. The van der Waals surface area contributed by atoms with E-state index in [1.165, 1.54) is 28.6 Å². The highest BCUT2D eigenvalue weighted by Crippen LogP contribution is 2.43. The second kappa shape index (κ2) is 9.81. The Kier molecular flexibility index (Phi) is 6.64. The van der Waals surface area contributed by atoms with Gasteiger partial charge >= 0.3 is 5.97 Å². The van der Waals surface area contributed by atoms with Crippen LogP contribution in [0, 0.1) is 12.7 Å². The number of pyridine rings is 1. The third-order valence-corrected chi connectivity index (χ3v) is 8.51. The summed E-state index contributed by atoms with van der Waals surface area (Å²) in [5.74, 6) is -1.19. The Labute approximate surface area is 226 Å². The molecule has 1 aliphatic rings. The van der Waals surface area contributed by atoms with E-state index in [9.17, 15) is 13.2 Å². The van der Waals surface area contributed by atoms with Gasteiger partial charge in [0.25, 0.3) is 10.0 Å². The van der Waals surface area contributed by atoms with Gasteiger partial charge in [-0.1, -0.05) is 56.3 Å². The minimum atomic E-state index is -3.95. The van der Waals surface area contributed by atoms with Crippen molar-refractivity contribution < 1.29 is 27.4 Å². The van der Waals surface area contributed by atoms with Crippen LogP contribution in [-0.4, -0.2) is 37.6 Å². The summed E-state index contributed by atoms with van der Waals surface area (Å²) < 4.78 is 49.0. The highest BCUT2D eigenvalue weighted by atomic mass is 32.2. The lowest BCUT2D eigenvalue weighted by molar-refractivity contribution is -0.139. The summed E-state index contributed by atoms with van der Waals surface area (Å²) in [7, 11) is -3.95. The van der Waals surface area contributed by atoms with Gasteiger partial charge in [0.05, 0.1) is 22.0 Å². The first-order valence-electron chi connectivity index (χ1n) is 12.3. The van der Waals surface area contributed by atoms with Crippen molar-refractivity contribution >= 4 is 21.7 Å². The van der Waals surface area contributed by atoms with E-state index in [4.69, 9.17) is 14.8 Å². The van der Waals surface area contributed by atoms with Crippen molar-refractivity contribution in [3.63, 3.8) is 0 Å². The molecule has 0 saturated carbocycles. The molecule has 3 aromatic carbocycles. The average Bonchev–Trinajstić information content (AvgIpc) is 3.19. The normalized spacial score (nSPS) is 14.2. The Morgan fingerprint density at radius 2 is 1.77 bits per heavy atom. The predicted octanol–water partition coefficient (Wildman–Crippen LogP) is 5.81. The van der Waals surface area contributed by atoms with Gasteiger partial charge in [0, 0.05) is 23.1 Å². The third kappa shape index (κ3) is 4.97. The van der Waals surface area contributed by atoms with Gasteiger partial charge in [-0.2, -0.15) is 0 Å². The Hall–Kier alpha value is -4.24. The highest BCUT2D eigenvalue weighted by molar-refractivity contribution is 7.92. The number of aryl methyl sites for hydroxylation is 1. The number of ether oxygens (including phenoxy) is 1. The Bertz CT molecular complexity index is 1690. The van der Waals surface area contributed by atoms with E-state index in [-0.39, 0.29) is 17.3 Å². The zero-order valence-electron chi connectivity index (χ0n) is 21.7. The fourth-order valence-electron chi connectivity index (χ4n) is 4.78. The lowest BCUT2D eigenvalue weighted by Gasteiger charge is -2.22. The maximum Gasteiger partial charge on any atom is 0.341 e. The minimum Gasteiger partial charge on any atom is -0.482 e. The number of benzene rings is 3. The molecule has 7 nitrogen and oxygen atoms in total. The van der Waals surface area contributed by atoms with E-state index >= 15 is 4.39 Å². The molecule has 1 N–H and O–H groups in total. The summed E-state index contributed by atoms with van der Waals surface area (Å²) in [6.07, 6.45) is 0. The SMILES string of the molecule is Cc1cc(S(=O)(=O)N2CC(C)(C)c3nc(-c4ccc(-c5ccccc5)c(F)c4)ccc32)ccc1OCC(=O)O. The molecule has 0 bridgehead atoms. The lowest BCUT2D eigenvalue weighted by Crippen LogP contribution is -2.34. The summed E-state index contributed by atoms with van der Waals surface area (Å²) >= 11 is 0. The second-order valence-corrected chi connectivity index (χ2v) is 12.0. The van der Waals surface area contributed by atoms with Gasteiger partial charge in [-0.3, -0.25) is 4.31 Å². The Morgan fingerprint density at radius 3 is 2.44 bits per heavy atom.